The molecule has 2 N–H and O–H groups in total. The van der Waals surface area contributed by atoms with E-state index in [2.05, 4.69) is 9.47 Å². The molecular formula is C16H15FO6. The van der Waals surface area contributed by atoms with Crippen molar-refractivity contribution in [3.63, 3.8) is 0 Å². The number of hydrogen-bond donors (Lipinski definition) is 2. The van der Waals surface area contributed by atoms with Gasteiger partial charge in [-0.3, -0.25) is 0 Å². The van der Waals surface area contributed by atoms with Gasteiger partial charge in [-0.25, -0.2) is 14.0 Å². The molecule has 0 aliphatic rings. The minimum Gasteiger partial charge on any atom is -0.508 e. The average molecular weight is 322 g/mol. The summed E-state index contributed by atoms with van der Waals surface area (Å²) in [5.41, 5.74) is 0.512. The maximum atomic E-state index is 12.6. The van der Waals surface area contributed by atoms with Crippen LogP contribution in [0.2, 0.25) is 0 Å². The van der Waals surface area contributed by atoms with Gasteiger partial charge >= 0.3 is 11.9 Å². The predicted octanol–water partition coefficient (Wildman–Crippen LogP) is 2.50. The Kier molecular flexibility index (Phi) is 6.54. The van der Waals surface area contributed by atoms with Crippen molar-refractivity contribution in [3.05, 3.63) is 59.4 Å². The van der Waals surface area contributed by atoms with Crippen LogP contribution in [0.15, 0.2) is 42.5 Å². The highest BCUT2D eigenvalue weighted by atomic mass is 19.1. The van der Waals surface area contributed by atoms with Crippen molar-refractivity contribution in [1.29, 1.82) is 0 Å². The molecule has 6 nitrogen and oxygen atoms in total. The lowest BCUT2D eigenvalue weighted by Gasteiger charge is -1.99. The molecular weight excluding hydrogens is 307 g/mol. The van der Waals surface area contributed by atoms with Crippen molar-refractivity contribution >= 4 is 11.9 Å². The van der Waals surface area contributed by atoms with E-state index in [0.29, 0.717) is 5.56 Å². The highest BCUT2D eigenvalue weighted by Crippen LogP contribution is 2.16. The van der Waals surface area contributed by atoms with Gasteiger partial charge in [0, 0.05) is 0 Å². The topological polar surface area (TPSA) is 93.1 Å². The summed E-state index contributed by atoms with van der Waals surface area (Å²) in [5.74, 6) is -2.21. The molecule has 2 aromatic carbocycles. The molecule has 0 aliphatic carbocycles. The number of halogens is 1. The molecule has 0 aromatic heterocycles. The monoisotopic (exact) mass is 322 g/mol. The molecule has 7 heteroatoms. The largest absolute Gasteiger partial charge is 0.508 e. The standard InChI is InChI=1S/C8H7FO3.C8H8O3/c1-12-8(11)5-2-3-7(10)6(9)4-5;1-11-8(10)6-2-4-7(9)5-3-6/h2-4,10H,1H3;2-5,9H,1H3. The first-order chi connectivity index (χ1) is 10.9. The van der Waals surface area contributed by atoms with Gasteiger partial charge in [0.15, 0.2) is 11.6 Å². The van der Waals surface area contributed by atoms with Crippen LogP contribution in [0.3, 0.4) is 0 Å². The molecule has 23 heavy (non-hydrogen) atoms. The first-order valence-electron chi connectivity index (χ1n) is 6.33. The summed E-state index contributed by atoms with van der Waals surface area (Å²) in [6.07, 6.45) is 0. The zero-order chi connectivity index (χ0) is 17.4. The molecule has 0 spiro atoms. The van der Waals surface area contributed by atoms with Gasteiger partial charge in [0.2, 0.25) is 0 Å². The van der Waals surface area contributed by atoms with Crippen molar-refractivity contribution < 1.29 is 33.7 Å². The Balaban J connectivity index is 0.000000231. The van der Waals surface area contributed by atoms with Crippen molar-refractivity contribution in [2.75, 3.05) is 14.2 Å². The van der Waals surface area contributed by atoms with Crippen LogP contribution < -0.4 is 0 Å². The first kappa shape index (κ1) is 18.0. The Morgan fingerprint density at radius 1 is 0.870 bits per heavy atom. The summed E-state index contributed by atoms with van der Waals surface area (Å²) in [6, 6.07) is 9.17. The zero-order valence-corrected chi connectivity index (χ0v) is 12.4. The van der Waals surface area contributed by atoms with Crippen LogP contribution in [0.5, 0.6) is 11.5 Å². The van der Waals surface area contributed by atoms with Gasteiger partial charge in [0.05, 0.1) is 25.3 Å². The number of benzene rings is 2. The lowest BCUT2D eigenvalue weighted by Crippen LogP contribution is -2.01. The predicted molar refractivity (Wildman–Crippen MR) is 78.9 cm³/mol. The highest BCUT2D eigenvalue weighted by Gasteiger charge is 2.08. The van der Waals surface area contributed by atoms with Crippen molar-refractivity contribution in [2.24, 2.45) is 0 Å². The number of phenolic OH excluding ortho intramolecular Hbond substituents is 2. The van der Waals surface area contributed by atoms with Crippen LogP contribution in [0.1, 0.15) is 20.7 Å². The lowest BCUT2D eigenvalue weighted by atomic mass is 10.2. The fourth-order valence-corrected chi connectivity index (χ4v) is 1.47. The van der Waals surface area contributed by atoms with E-state index >= 15 is 0 Å². The maximum absolute atomic E-state index is 12.6. The van der Waals surface area contributed by atoms with Gasteiger partial charge < -0.3 is 19.7 Å². The minimum absolute atomic E-state index is 0.0767. The van der Waals surface area contributed by atoms with E-state index in [1.165, 1.54) is 44.6 Å². The molecule has 0 unspecified atom stereocenters. The van der Waals surface area contributed by atoms with Crippen molar-refractivity contribution in [1.82, 2.24) is 0 Å². The lowest BCUT2D eigenvalue weighted by molar-refractivity contribution is 0.0591. The van der Waals surface area contributed by atoms with E-state index < -0.39 is 23.5 Å². The molecule has 0 aliphatic heterocycles. The van der Waals surface area contributed by atoms with Gasteiger partial charge in [-0.15, -0.1) is 0 Å². The second-order valence-corrected chi connectivity index (χ2v) is 4.20. The molecule has 0 heterocycles. The molecule has 2 rings (SSSR count). The van der Waals surface area contributed by atoms with Gasteiger partial charge in [0.1, 0.15) is 5.75 Å². The summed E-state index contributed by atoms with van der Waals surface area (Å²) in [5, 5.41) is 17.6. The molecule has 2 aromatic rings. The quantitative estimate of drug-likeness (QED) is 0.825. The third-order valence-electron chi connectivity index (χ3n) is 2.66. The van der Waals surface area contributed by atoms with E-state index in [9.17, 15) is 14.0 Å². The van der Waals surface area contributed by atoms with Gasteiger partial charge in [-0.2, -0.15) is 0 Å². The van der Waals surface area contributed by atoms with E-state index in [-0.39, 0.29) is 11.3 Å². The number of esters is 2. The maximum Gasteiger partial charge on any atom is 0.337 e. The van der Waals surface area contributed by atoms with Crippen LogP contribution in [0.25, 0.3) is 0 Å². The number of methoxy groups -OCH3 is 2. The fourth-order valence-electron chi connectivity index (χ4n) is 1.47. The molecule has 0 fully saturated rings. The average Bonchev–Trinajstić information content (AvgIpc) is 2.57. The smallest absolute Gasteiger partial charge is 0.337 e. The molecule has 0 saturated heterocycles. The summed E-state index contributed by atoms with van der Waals surface area (Å²) in [7, 11) is 2.52. The van der Waals surface area contributed by atoms with Crippen molar-refractivity contribution in [2.45, 2.75) is 0 Å². The van der Waals surface area contributed by atoms with Crippen LogP contribution in [-0.4, -0.2) is 36.4 Å². The molecule has 0 saturated carbocycles. The van der Waals surface area contributed by atoms with E-state index in [1.807, 2.05) is 0 Å². The molecule has 0 atom stereocenters. The normalized spacial score (nSPS) is 9.35. The van der Waals surface area contributed by atoms with Gasteiger partial charge in [-0.1, -0.05) is 0 Å². The third kappa shape index (κ3) is 5.31. The summed E-state index contributed by atoms with van der Waals surface area (Å²) in [6.45, 7) is 0. The molecule has 122 valence electrons. The Bertz CT molecular complexity index is 681. The van der Waals surface area contributed by atoms with Crippen LogP contribution >= 0.6 is 0 Å². The van der Waals surface area contributed by atoms with E-state index in [1.54, 1.807) is 0 Å². The summed E-state index contributed by atoms with van der Waals surface area (Å²) >= 11 is 0. The Morgan fingerprint density at radius 3 is 1.83 bits per heavy atom. The molecule has 0 amide bonds. The number of phenols is 2. The van der Waals surface area contributed by atoms with Crippen molar-refractivity contribution in [3.8, 4) is 11.5 Å². The highest BCUT2D eigenvalue weighted by molar-refractivity contribution is 5.89. The number of carbonyl (C=O) groups excluding carboxylic acids is 2. The summed E-state index contributed by atoms with van der Waals surface area (Å²) in [4.78, 5) is 21.6. The minimum atomic E-state index is -0.835. The number of ether oxygens (including phenoxy) is 2. The van der Waals surface area contributed by atoms with Crippen LogP contribution in [-0.2, 0) is 9.47 Å². The second-order valence-electron chi connectivity index (χ2n) is 4.20. The van der Waals surface area contributed by atoms with Gasteiger partial charge in [0.25, 0.3) is 0 Å². The van der Waals surface area contributed by atoms with Crippen LogP contribution in [0.4, 0.5) is 4.39 Å². The number of carbonyl (C=O) groups is 2. The molecule has 0 radical (unpaired) electrons. The second kappa shape index (κ2) is 8.38. The Morgan fingerprint density at radius 2 is 1.35 bits per heavy atom. The number of aromatic hydroxyl groups is 2. The number of rotatable bonds is 2. The van der Waals surface area contributed by atoms with Gasteiger partial charge in [-0.05, 0) is 42.5 Å². The SMILES string of the molecule is COC(=O)c1ccc(O)c(F)c1.COC(=O)c1ccc(O)cc1. The Hall–Kier alpha value is -3.09. The first-order valence-corrected chi connectivity index (χ1v) is 6.33. The third-order valence-corrected chi connectivity index (χ3v) is 2.66. The number of hydrogen-bond acceptors (Lipinski definition) is 6. The van der Waals surface area contributed by atoms with Crippen LogP contribution in [0, 0.1) is 5.82 Å². The zero-order valence-electron chi connectivity index (χ0n) is 12.4. The summed E-state index contributed by atoms with van der Waals surface area (Å²) < 4.78 is 21.4. The van der Waals surface area contributed by atoms with E-state index in [4.69, 9.17) is 10.2 Å². The fraction of sp³-hybridized carbons (Fsp3) is 0.125. The molecule has 0 bridgehead atoms. The van der Waals surface area contributed by atoms with E-state index in [0.717, 1.165) is 12.1 Å². The Labute approximate surface area is 131 Å².